The monoisotopic (exact) mass is 469 g/mol. The average Bonchev–Trinajstić information content (AvgIpc) is 2.75. The number of benzene rings is 2. The summed E-state index contributed by atoms with van der Waals surface area (Å²) < 4.78 is 1.13. The Kier molecular flexibility index (Phi) is 5.68. The number of carbonyl (C=O) groups is 1. The van der Waals surface area contributed by atoms with Gasteiger partial charge < -0.3 is 16.0 Å². The molecule has 11 heteroatoms. The Bertz CT molecular complexity index is 1380. The molecule has 1 amide bonds. The van der Waals surface area contributed by atoms with Crippen LogP contribution in [0.1, 0.15) is 6.92 Å². The standard InChI is InChI=1S/C21H17Cl2N7O2/c1-11(31)29(2)13-8-6-12(7-9-13)26-20-25-10-14-18(24)30(21(32)28-19(14)27-20)17-15(22)4-3-5-16(17)23/h3-10H,24H2,1-2H3,(H,26,27,28,32). The highest BCUT2D eigenvalue weighted by atomic mass is 35.5. The molecule has 0 radical (unpaired) electrons. The highest BCUT2D eigenvalue weighted by Crippen LogP contribution is 2.30. The van der Waals surface area contributed by atoms with E-state index in [0.29, 0.717) is 11.1 Å². The lowest BCUT2D eigenvalue weighted by Crippen LogP contribution is -2.25. The van der Waals surface area contributed by atoms with Crippen molar-refractivity contribution in [2.24, 2.45) is 0 Å². The Hall–Kier alpha value is -3.69. The molecule has 0 saturated heterocycles. The third-order valence-electron chi connectivity index (χ3n) is 4.82. The molecule has 32 heavy (non-hydrogen) atoms. The number of amides is 1. The predicted octanol–water partition coefficient (Wildman–Crippen LogP) is 3.79. The molecule has 0 unspecified atom stereocenters. The summed E-state index contributed by atoms with van der Waals surface area (Å²) in [5.41, 5.74) is 7.36. The Morgan fingerprint density at radius 2 is 1.75 bits per heavy atom. The highest BCUT2D eigenvalue weighted by molar-refractivity contribution is 6.37. The summed E-state index contributed by atoms with van der Waals surface area (Å²) in [5.74, 6) is 0.221. The summed E-state index contributed by atoms with van der Waals surface area (Å²) in [5, 5.41) is 3.91. The van der Waals surface area contributed by atoms with E-state index in [2.05, 4.69) is 20.3 Å². The van der Waals surface area contributed by atoms with Crippen LogP contribution in [0.2, 0.25) is 10.0 Å². The SMILES string of the molecule is CC(=O)N(C)c1ccc(Nc2ncc3c(N)n(-c4c(Cl)cccc4Cl)c(=O)nc3n2)cc1. The lowest BCUT2D eigenvalue weighted by atomic mass is 10.2. The van der Waals surface area contributed by atoms with E-state index in [1.54, 1.807) is 49.5 Å². The summed E-state index contributed by atoms with van der Waals surface area (Å²) in [7, 11) is 1.69. The molecule has 0 spiro atoms. The van der Waals surface area contributed by atoms with Gasteiger partial charge in [-0.1, -0.05) is 29.3 Å². The van der Waals surface area contributed by atoms with Gasteiger partial charge in [-0.3, -0.25) is 4.79 Å². The smallest absolute Gasteiger partial charge is 0.355 e. The van der Waals surface area contributed by atoms with Gasteiger partial charge in [0.25, 0.3) is 0 Å². The molecule has 0 aliphatic heterocycles. The minimum absolute atomic E-state index is 0.0678. The van der Waals surface area contributed by atoms with Crippen molar-refractivity contribution >= 4 is 63.3 Å². The van der Waals surface area contributed by atoms with Gasteiger partial charge in [0.2, 0.25) is 11.9 Å². The molecule has 4 rings (SSSR count). The fourth-order valence-corrected chi connectivity index (χ4v) is 3.63. The van der Waals surface area contributed by atoms with E-state index in [-0.39, 0.29) is 39.1 Å². The maximum absolute atomic E-state index is 12.7. The van der Waals surface area contributed by atoms with E-state index < -0.39 is 5.69 Å². The molecule has 0 aliphatic rings. The lowest BCUT2D eigenvalue weighted by Gasteiger charge is -2.15. The molecule has 162 valence electrons. The van der Waals surface area contributed by atoms with Crippen LogP contribution in [0, 0.1) is 0 Å². The van der Waals surface area contributed by atoms with Crippen molar-refractivity contribution in [1.29, 1.82) is 0 Å². The van der Waals surface area contributed by atoms with Crippen molar-refractivity contribution < 1.29 is 4.79 Å². The topological polar surface area (TPSA) is 119 Å². The second-order valence-electron chi connectivity index (χ2n) is 6.87. The van der Waals surface area contributed by atoms with Crippen LogP contribution < -0.4 is 21.6 Å². The fraction of sp³-hybridized carbons (Fsp3) is 0.0952. The first-order valence-electron chi connectivity index (χ1n) is 9.37. The van der Waals surface area contributed by atoms with Crippen LogP contribution >= 0.6 is 23.2 Å². The van der Waals surface area contributed by atoms with Crippen molar-refractivity contribution in [3.8, 4) is 5.69 Å². The maximum Gasteiger partial charge on any atom is 0.355 e. The molecule has 0 fully saturated rings. The number of hydrogen-bond donors (Lipinski definition) is 2. The number of fused-ring (bicyclic) bond motifs is 1. The Morgan fingerprint density at radius 1 is 1.09 bits per heavy atom. The number of aromatic nitrogens is 4. The first-order valence-corrected chi connectivity index (χ1v) is 10.1. The van der Waals surface area contributed by atoms with Crippen LogP contribution in [0.25, 0.3) is 16.7 Å². The van der Waals surface area contributed by atoms with Crippen molar-refractivity contribution in [3.63, 3.8) is 0 Å². The van der Waals surface area contributed by atoms with E-state index in [1.165, 1.54) is 18.0 Å². The van der Waals surface area contributed by atoms with Crippen LogP contribution in [0.4, 0.5) is 23.1 Å². The van der Waals surface area contributed by atoms with Gasteiger partial charge in [0, 0.05) is 31.5 Å². The Labute approximate surface area is 192 Å². The van der Waals surface area contributed by atoms with Crippen molar-refractivity contribution in [2.45, 2.75) is 6.92 Å². The molecule has 2 aromatic heterocycles. The minimum Gasteiger partial charge on any atom is -0.384 e. The van der Waals surface area contributed by atoms with Crippen molar-refractivity contribution in [1.82, 2.24) is 19.5 Å². The summed E-state index contributed by atoms with van der Waals surface area (Å²) >= 11 is 12.5. The van der Waals surface area contributed by atoms with Crippen molar-refractivity contribution in [3.05, 3.63) is 69.2 Å². The molecule has 0 aliphatic carbocycles. The van der Waals surface area contributed by atoms with Gasteiger partial charge in [0.1, 0.15) is 5.82 Å². The zero-order chi connectivity index (χ0) is 23.0. The van der Waals surface area contributed by atoms with E-state index in [4.69, 9.17) is 28.9 Å². The van der Waals surface area contributed by atoms with Crippen LogP contribution in [0.15, 0.2) is 53.5 Å². The quantitative estimate of drug-likeness (QED) is 0.466. The number of nitrogens with two attached hydrogens (primary N) is 1. The molecule has 0 bridgehead atoms. The van der Waals surface area contributed by atoms with E-state index in [9.17, 15) is 9.59 Å². The highest BCUT2D eigenvalue weighted by Gasteiger charge is 2.17. The normalized spacial score (nSPS) is 10.9. The number of halogens is 2. The maximum atomic E-state index is 12.7. The van der Waals surface area contributed by atoms with Gasteiger partial charge in [-0.15, -0.1) is 0 Å². The fourth-order valence-electron chi connectivity index (χ4n) is 3.06. The first-order chi connectivity index (χ1) is 15.3. The second kappa shape index (κ2) is 8.45. The molecule has 2 aromatic carbocycles. The number of hydrogen-bond acceptors (Lipinski definition) is 7. The number of nitrogens with zero attached hydrogens (tertiary/aromatic N) is 5. The van der Waals surface area contributed by atoms with Crippen LogP contribution in [0.5, 0.6) is 0 Å². The van der Waals surface area contributed by atoms with Crippen LogP contribution in [-0.2, 0) is 4.79 Å². The predicted molar refractivity (Wildman–Crippen MR) is 126 cm³/mol. The van der Waals surface area contributed by atoms with Gasteiger partial charge in [-0.05, 0) is 36.4 Å². The number of carbonyl (C=O) groups excluding carboxylic acids is 1. The molecule has 0 atom stereocenters. The van der Waals surface area contributed by atoms with E-state index >= 15 is 0 Å². The molecule has 3 N–H and O–H groups in total. The molecule has 0 saturated carbocycles. The number of rotatable bonds is 4. The summed E-state index contributed by atoms with van der Waals surface area (Å²) in [6.07, 6.45) is 1.46. The van der Waals surface area contributed by atoms with Crippen LogP contribution in [-0.4, -0.2) is 32.5 Å². The minimum atomic E-state index is -0.675. The average molecular weight is 470 g/mol. The van der Waals surface area contributed by atoms with Gasteiger partial charge in [0.15, 0.2) is 5.65 Å². The second-order valence-corrected chi connectivity index (χ2v) is 7.68. The summed E-state index contributed by atoms with van der Waals surface area (Å²) in [4.78, 5) is 38.3. The molecule has 2 heterocycles. The largest absolute Gasteiger partial charge is 0.384 e. The number of para-hydroxylation sites is 1. The molecule has 4 aromatic rings. The van der Waals surface area contributed by atoms with Gasteiger partial charge in [0.05, 0.1) is 21.1 Å². The third-order valence-corrected chi connectivity index (χ3v) is 5.43. The first kappa shape index (κ1) is 21.5. The van der Waals surface area contributed by atoms with Crippen molar-refractivity contribution in [2.75, 3.05) is 23.0 Å². The lowest BCUT2D eigenvalue weighted by molar-refractivity contribution is -0.116. The van der Waals surface area contributed by atoms with Gasteiger partial charge in [-0.25, -0.2) is 14.3 Å². The summed E-state index contributed by atoms with van der Waals surface area (Å²) in [6, 6.07) is 12.0. The van der Waals surface area contributed by atoms with E-state index in [0.717, 1.165) is 10.3 Å². The van der Waals surface area contributed by atoms with Gasteiger partial charge >= 0.3 is 5.69 Å². The zero-order valence-electron chi connectivity index (χ0n) is 17.0. The molecule has 9 nitrogen and oxygen atoms in total. The van der Waals surface area contributed by atoms with Gasteiger partial charge in [-0.2, -0.15) is 9.97 Å². The molecular weight excluding hydrogens is 453 g/mol. The Balaban J connectivity index is 1.70. The summed E-state index contributed by atoms with van der Waals surface area (Å²) in [6.45, 7) is 1.49. The number of nitrogens with one attached hydrogen (secondary N) is 1. The van der Waals surface area contributed by atoms with Crippen LogP contribution in [0.3, 0.4) is 0 Å². The third kappa shape index (κ3) is 3.95. The molecular formula is C21H17Cl2N7O2. The van der Waals surface area contributed by atoms with E-state index in [1.807, 2.05) is 0 Å². The number of nitrogen functional groups attached to an aromatic ring is 1. The zero-order valence-corrected chi connectivity index (χ0v) is 18.5. The Morgan fingerprint density at radius 3 is 2.38 bits per heavy atom. The number of anilines is 4.